The molecule has 1 aromatic heterocycles. The highest BCUT2D eigenvalue weighted by Crippen LogP contribution is 2.21. The minimum atomic E-state index is -0.999. The number of rotatable bonds is 5. The molecule has 1 amide bonds. The Morgan fingerprint density at radius 2 is 1.89 bits per heavy atom. The van der Waals surface area contributed by atoms with E-state index in [-0.39, 0.29) is 15.7 Å². The highest BCUT2D eigenvalue weighted by molar-refractivity contribution is 6.41. The zero-order valence-electron chi connectivity index (χ0n) is 15.2. The van der Waals surface area contributed by atoms with Crippen molar-refractivity contribution >= 4 is 46.5 Å². The van der Waals surface area contributed by atoms with Gasteiger partial charge < -0.3 is 19.7 Å². The number of esters is 1. The van der Waals surface area contributed by atoms with E-state index in [1.54, 1.807) is 12.1 Å². The number of morpholine rings is 1. The number of nitrogens with zero attached hydrogens (tertiary/aromatic N) is 2. The Bertz CT molecular complexity index is 855. The molecule has 9 heteroatoms. The predicted octanol–water partition coefficient (Wildman–Crippen LogP) is 3.41. The van der Waals surface area contributed by atoms with E-state index < -0.39 is 18.0 Å². The van der Waals surface area contributed by atoms with Crippen molar-refractivity contribution in [2.75, 3.05) is 36.5 Å². The summed E-state index contributed by atoms with van der Waals surface area (Å²) in [5.41, 5.74) is 1.79. The number of carbonyl (C=O) groups excluding carboxylic acids is 2. The van der Waals surface area contributed by atoms with Crippen LogP contribution in [0, 0.1) is 0 Å². The van der Waals surface area contributed by atoms with Crippen LogP contribution in [0.1, 0.15) is 17.3 Å². The molecule has 1 N–H and O–H groups in total. The van der Waals surface area contributed by atoms with E-state index in [0.717, 1.165) is 18.8 Å². The first-order chi connectivity index (χ1) is 13.4. The van der Waals surface area contributed by atoms with E-state index in [1.807, 2.05) is 12.1 Å². The number of pyridine rings is 1. The molecule has 1 fully saturated rings. The Morgan fingerprint density at radius 3 is 2.54 bits per heavy atom. The molecule has 1 saturated heterocycles. The molecule has 0 aliphatic carbocycles. The summed E-state index contributed by atoms with van der Waals surface area (Å²) in [5, 5.41) is 2.95. The smallest absolute Gasteiger partial charge is 0.340 e. The van der Waals surface area contributed by atoms with Gasteiger partial charge in [-0.15, -0.1) is 0 Å². The van der Waals surface area contributed by atoms with Crippen molar-refractivity contribution in [3.63, 3.8) is 0 Å². The number of ether oxygens (including phenoxy) is 2. The zero-order valence-corrected chi connectivity index (χ0v) is 16.7. The van der Waals surface area contributed by atoms with Gasteiger partial charge in [0.1, 0.15) is 5.15 Å². The molecule has 1 aromatic carbocycles. The monoisotopic (exact) mass is 423 g/mol. The van der Waals surface area contributed by atoms with E-state index in [2.05, 4.69) is 15.2 Å². The number of aromatic nitrogens is 1. The fraction of sp³-hybridized carbons (Fsp3) is 0.316. The SMILES string of the molecule is C[C@H](OC(=O)c1cnc(Cl)c(Cl)c1)C(=O)Nc1ccc(N2CCOCC2)cc1. The third-order valence-corrected chi connectivity index (χ3v) is 4.88. The van der Waals surface area contributed by atoms with Gasteiger partial charge in [-0.1, -0.05) is 23.2 Å². The fourth-order valence-corrected chi connectivity index (χ4v) is 2.91. The van der Waals surface area contributed by atoms with Crippen molar-refractivity contribution in [2.45, 2.75) is 13.0 Å². The lowest BCUT2D eigenvalue weighted by Crippen LogP contribution is -2.36. The Hall–Kier alpha value is -2.35. The van der Waals surface area contributed by atoms with Crippen LogP contribution < -0.4 is 10.2 Å². The number of hydrogen-bond acceptors (Lipinski definition) is 6. The van der Waals surface area contributed by atoms with E-state index in [9.17, 15) is 9.59 Å². The molecule has 0 saturated carbocycles. The number of amides is 1. The van der Waals surface area contributed by atoms with Gasteiger partial charge in [0.15, 0.2) is 6.10 Å². The van der Waals surface area contributed by atoms with Gasteiger partial charge in [-0.25, -0.2) is 9.78 Å². The largest absolute Gasteiger partial charge is 0.449 e. The topological polar surface area (TPSA) is 80.8 Å². The van der Waals surface area contributed by atoms with Gasteiger partial charge in [0.25, 0.3) is 5.91 Å². The molecule has 1 aliphatic heterocycles. The van der Waals surface area contributed by atoms with Crippen molar-refractivity contribution in [1.82, 2.24) is 4.98 Å². The molecular weight excluding hydrogens is 405 g/mol. The number of benzene rings is 1. The Balaban J connectivity index is 1.56. The molecule has 2 heterocycles. The molecule has 1 aliphatic rings. The average Bonchev–Trinajstić information content (AvgIpc) is 2.71. The summed E-state index contributed by atoms with van der Waals surface area (Å²) >= 11 is 11.6. The molecule has 148 valence electrons. The first kappa shape index (κ1) is 20.4. The molecule has 7 nitrogen and oxygen atoms in total. The summed E-state index contributed by atoms with van der Waals surface area (Å²) in [5.74, 6) is -1.16. The molecule has 1 atom stereocenters. The van der Waals surface area contributed by atoms with E-state index >= 15 is 0 Å². The van der Waals surface area contributed by atoms with Gasteiger partial charge in [0.2, 0.25) is 0 Å². The van der Waals surface area contributed by atoms with Crippen molar-refractivity contribution in [1.29, 1.82) is 0 Å². The minimum Gasteiger partial charge on any atom is -0.449 e. The molecule has 0 radical (unpaired) electrons. The van der Waals surface area contributed by atoms with E-state index in [0.29, 0.717) is 18.9 Å². The third-order valence-electron chi connectivity index (χ3n) is 4.20. The van der Waals surface area contributed by atoms with E-state index in [4.69, 9.17) is 32.7 Å². The van der Waals surface area contributed by atoms with Crippen LogP contribution in [0.4, 0.5) is 11.4 Å². The number of halogens is 2. The molecule has 3 rings (SSSR count). The Kier molecular flexibility index (Phi) is 6.72. The third kappa shape index (κ3) is 5.13. The van der Waals surface area contributed by atoms with E-state index in [1.165, 1.54) is 19.2 Å². The summed E-state index contributed by atoms with van der Waals surface area (Å²) in [4.78, 5) is 30.4. The summed E-state index contributed by atoms with van der Waals surface area (Å²) in [6.07, 6.45) is 0.242. The summed E-state index contributed by atoms with van der Waals surface area (Å²) in [7, 11) is 0. The summed E-state index contributed by atoms with van der Waals surface area (Å²) < 4.78 is 10.5. The second-order valence-electron chi connectivity index (χ2n) is 6.18. The Labute approximate surface area is 172 Å². The summed E-state index contributed by atoms with van der Waals surface area (Å²) in [6.45, 7) is 4.57. The van der Waals surface area contributed by atoms with Crippen molar-refractivity contribution in [3.8, 4) is 0 Å². The van der Waals surface area contributed by atoms with Crippen LogP contribution in [0.2, 0.25) is 10.2 Å². The van der Waals surface area contributed by atoms with Crippen LogP contribution in [-0.4, -0.2) is 49.3 Å². The maximum Gasteiger partial charge on any atom is 0.340 e. The molecule has 0 unspecified atom stereocenters. The fourth-order valence-electron chi connectivity index (χ4n) is 2.64. The quantitative estimate of drug-likeness (QED) is 0.586. The van der Waals surface area contributed by atoms with Crippen LogP contribution in [0.25, 0.3) is 0 Å². The number of hydrogen-bond donors (Lipinski definition) is 1. The van der Waals surface area contributed by atoms with Crippen LogP contribution in [-0.2, 0) is 14.3 Å². The first-order valence-corrected chi connectivity index (χ1v) is 9.45. The van der Waals surface area contributed by atoms with Crippen molar-refractivity contribution in [3.05, 3.63) is 52.3 Å². The maximum absolute atomic E-state index is 12.3. The number of nitrogens with one attached hydrogen (secondary N) is 1. The number of anilines is 2. The van der Waals surface area contributed by atoms with Crippen LogP contribution in [0.15, 0.2) is 36.5 Å². The molecular formula is C19H19Cl2N3O4. The highest BCUT2D eigenvalue weighted by atomic mass is 35.5. The van der Waals surface area contributed by atoms with Gasteiger partial charge in [0, 0.05) is 30.7 Å². The highest BCUT2D eigenvalue weighted by Gasteiger charge is 2.20. The van der Waals surface area contributed by atoms with Crippen molar-refractivity contribution < 1.29 is 19.1 Å². The summed E-state index contributed by atoms with van der Waals surface area (Å²) in [6, 6.07) is 8.81. The lowest BCUT2D eigenvalue weighted by atomic mass is 10.2. The minimum absolute atomic E-state index is 0.0875. The molecule has 28 heavy (non-hydrogen) atoms. The van der Waals surface area contributed by atoms with Crippen LogP contribution in [0.5, 0.6) is 0 Å². The van der Waals surface area contributed by atoms with Gasteiger partial charge >= 0.3 is 5.97 Å². The molecule has 0 bridgehead atoms. The maximum atomic E-state index is 12.3. The van der Waals surface area contributed by atoms with Gasteiger partial charge in [-0.3, -0.25) is 4.79 Å². The predicted molar refractivity (Wildman–Crippen MR) is 107 cm³/mol. The normalized spacial score (nSPS) is 15.0. The van der Waals surface area contributed by atoms with Crippen molar-refractivity contribution in [2.24, 2.45) is 0 Å². The molecule has 0 spiro atoms. The zero-order chi connectivity index (χ0) is 20.1. The van der Waals surface area contributed by atoms with Crippen LogP contribution >= 0.6 is 23.2 Å². The lowest BCUT2D eigenvalue weighted by Gasteiger charge is -2.28. The standard InChI is InChI=1S/C19H19Cl2N3O4/c1-12(28-19(26)13-10-16(20)17(21)22-11-13)18(25)23-14-2-4-15(5-3-14)24-6-8-27-9-7-24/h2-5,10-12H,6-9H2,1H3,(H,23,25)/t12-/m0/s1. The second-order valence-corrected chi connectivity index (χ2v) is 6.94. The van der Waals surface area contributed by atoms with Gasteiger partial charge in [-0.05, 0) is 37.3 Å². The van der Waals surface area contributed by atoms with Crippen LogP contribution in [0.3, 0.4) is 0 Å². The van der Waals surface area contributed by atoms with Gasteiger partial charge in [-0.2, -0.15) is 0 Å². The first-order valence-electron chi connectivity index (χ1n) is 8.69. The average molecular weight is 424 g/mol. The van der Waals surface area contributed by atoms with Gasteiger partial charge in [0.05, 0.1) is 23.8 Å². The number of carbonyl (C=O) groups is 2. The second kappa shape index (κ2) is 9.23. The Morgan fingerprint density at radius 1 is 1.21 bits per heavy atom. The molecule has 2 aromatic rings. The lowest BCUT2D eigenvalue weighted by molar-refractivity contribution is -0.123.